The van der Waals surface area contributed by atoms with Crippen LogP contribution in [0.15, 0.2) is 0 Å². The molecule has 0 aliphatic heterocycles. The number of hydrogen-bond acceptors (Lipinski definition) is 0. The summed E-state index contributed by atoms with van der Waals surface area (Å²) in [5, 5.41) is 0. The van der Waals surface area contributed by atoms with Crippen molar-refractivity contribution in [3.05, 3.63) is 0 Å². The monoisotopic (exact) mass is 74.0 g/mol. The minimum absolute atomic E-state index is 1.37. The van der Waals surface area contributed by atoms with Crippen LogP contribution in [-0.4, -0.2) is 12.5 Å². The molecule has 0 aromatic carbocycles. The average molecular weight is 74.1 g/mol. The summed E-state index contributed by atoms with van der Waals surface area (Å²) >= 11 is 0. The predicted molar refractivity (Wildman–Crippen MR) is 24.6 cm³/mol. The maximum absolute atomic E-state index is 2.10. The van der Waals surface area contributed by atoms with Crippen molar-refractivity contribution < 1.29 is 0 Å². The van der Waals surface area contributed by atoms with Gasteiger partial charge in [0.2, 0.25) is 0 Å². The summed E-state index contributed by atoms with van der Waals surface area (Å²) in [6, 6.07) is 0. The Balaban J connectivity index is 2.55. The Morgan fingerprint density at radius 3 is 2.00 bits per heavy atom. The van der Waals surface area contributed by atoms with Crippen LogP contribution in [-0.2, 0) is 0 Å². The molecule has 0 aromatic heterocycles. The van der Waals surface area contributed by atoms with Crippen molar-refractivity contribution in [2.45, 2.75) is 6.92 Å². The molecule has 0 heterocycles. The summed E-state index contributed by atoms with van der Waals surface area (Å²) in [7, 11) is 1.37. The molecule has 0 unspecified atom stereocenters. The fraction of sp³-hybridized carbons (Fsp3) is 0.667. The molecule has 0 spiro atoms. The van der Waals surface area contributed by atoms with Gasteiger partial charge in [-0.3, -0.25) is 0 Å². The molecule has 0 aromatic rings. The second-order valence-corrected chi connectivity index (χ2v) is 1.55. The highest BCUT2D eigenvalue weighted by molar-refractivity contribution is 7.37. The van der Waals surface area contributed by atoms with E-state index in [-0.39, 0.29) is 0 Å². The third kappa shape index (κ3) is 2.17. The van der Waals surface area contributed by atoms with Crippen molar-refractivity contribution in [1.82, 2.24) is 0 Å². The molecule has 0 N–H and O–H groups in total. The van der Waals surface area contributed by atoms with E-state index in [0.29, 0.717) is 0 Å². The maximum Gasteiger partial charge on any atom is -0.0227 e. The molecule has 0 fully saturated rings. The Kier molecular flexibility index (Phi) is 3.30. The molecule has 0 nitrogen and oxygen atoms in total. The van der Waals surface area contributed by atoms with Crippen molar-refractivity contribution in [2.75, 3.05) is 6.66 Å². The molecular weight excluding hydrogens is 67.0 g/mol. The Hall–Kier alpha value is 0.170. The lowest BCUT2D eigenvalue weighted by molar-refractivity contribution is 2.13. The summed E-state index contributed by atoms with van der Waals surface area (Å²) in [6.45, 7) is 4.14. The average Bonchev–Trinajstić information content (AvgIpc) is 1.37. The Labute approximate surface area is 28.6 Å². The molecule has 1 heteroatoms. The van der Waals surface area contributed by atoms with E-state index in [1.165, 1.54) is 8.20 Å². The third-order valence-electron chi connectivity index (χ3n) is 0.258. The molecule has 0 saturated carbocycles. The van der Waals surface area contributed by atoms with E-state index < -0.39 is 0 Å². The lowest BCUT2D eigenvalue weighted by Crippen LogP contribution is -1.33. The largest absolute Gasteiger partial charge is 0.113 e. The smallest absolute Gasteiger partial charge is 0.0227 e. The number of rotatable bonds is 0. The zero-order valence-corrected chi connectivity index (χ0v) is 3.92. The van der Waals surface area contributed by atoms with Gasteiger partial charge in [-0.05, 0) is 13.6 Å². The molecule has 0 amide bonds. The highest BCUT2D eigenvalue weighted by Crippen LogP contribution is 1.74. The number of hydrogen-bond donors (Lipinski definition) is 0. The van der Waals surface area contributed by atoms with Gasteiger partial charge in [-0.2, -0.15) is 0 Å². The van der Waals surface area contributed by atoms with Crippen molar-refractivity contribution >= 4 is 14.0 Å². The molecule has 0 atom stereocenters. The van der Waals surface area contributed by atoms with Crippen molar-refractivity contribution in [1.29, 1.82) is 0 Å². The van der Waals surface area contributed by atoms with Gasteiger partial charge in [-0.25, -0.2) is 0 Å². The molecule has 0 aliphatic rings. The molecular formula is C3H7P. The van der Waals surface area contributed by atoms with E-state index in [1.807, 2.05) is 6.92 Å². The van der Waals surface area contributed by atoms with Crippen LogP contribution in [0.4, 0.5) is 0 Å². The minimum Gasteiger partial charge on any atom is -0.113 e. The molecule has 0 rings (SSSR count). The third-order valence-corrected chi connectivity index (χ3v) is 0.775. The van der Waals surface area contributed by atoms with Gasteiger partial charge in [0.15, 0.2) is 0 Å². The van der Waals surface area contributed by atoms with Gasteiger partial charge in [-0.15, -0.1) is 8.20 Å². The topological polar surface area (TPSA) is 0 Å². The van der Waals surface area contributed by atoms with E-state index in [2.05, 4.69) is 12.5 Å². The zero-order chi connectivity index (χ0) is 3.41. The fourth-order valence-corrected chi connectivity index (χ4v) is 0. The summed E-state index contributed by atoms with van der Waals surface area (Å²) in [4.78, 5) is 0. The molecule has 0 radical (unpaired) electrons. The van der Waals surface area contributed by atoms with Crippen LogP contribution in [0.3, 0.4) is 0 Å². The molecule has 4 heavy (non-hydrogen) atoms. The molecule has 0 saturated heterocycles. The van der Waals surface area contributed by atoms with Crippen LogP contribution in [0, 0.1) is 0 Å². The first kappa shape index (κ1) is 4.17. The van der Waals surface area contributed by atoms with E-state index in [1.54, 1.807) is 0 Å². The molecule has 0 aliphatic carbocycles. The lowest BCUT2D eigenvalue weighted by Gasteiger charge is -1.48. The standard InChI is InChI=1S/C3H7P/c1-3-4-2/h3H,1-2H3. The second-order valence-electron chi connectivity index (χ2n) is 0.516. The Morgan fingerprint density at radius 1 is 1.75 bits per heavy atom. The van der Waals surface area contributed by atoms with Crippen molar-refractivity contribution in [3.63, 3.8) is 0 Å². The van der Waals surface area contributed by atoms with Gasteiger partial charge in [0.1, 0.15) is 0 Å². The van der Waals surface area contributed by atoms with E-state index >= 15 is 0 Å². The van der Waals surface area contributed by atoms with Crippen LogP contribution in [0.5, 0.6) is 0 Å². The van der Waals surface area contributed by atoms with Crippen LogP contribution < -0.4 is 0 Å². The molecule has 24 valence electrons. The lowest BCUT2D eigenvalue weighted by atomic mass is 11.0. The molecule has 0 bridgehead atoms. The highest BCUT2D eigenvalue weighted by Gasteiger charge is 1.35. The van der Waals surface area contributed by atoms with E-state index in [4.69, 9.17) is 0 Å². The minimum atomic E-state index is 1.37. The van der Waals surface area contributed by atoms with Gasteiger partial charge in [0.25, 0.3) is 0 Å². The van der Waals surface area contributed by atoms with Gasteiger partial charge >= 0.3 is 0 Å². The van der Waals surface area contributed by atoms with Crippen LogP contribution in [0.25, 0.3) is 0 Å². The van der Waals surface area contributed by atoms with Gasteiger partial charge in [0, 0.05) is 0 Å². The summed E-state index contributed by atoms with van der Waals surface area (Å²) < 4.78 is 0. The normalized spacial score (nSPS) is 9.50. The fourth-order valence-electron chi connectivity index (χ4n) is 0. The predicted octanol–water partition coefficient (Wildman–Crippen LogP) is 1.38. The SMILES string of the molecule is C/C=P\C. The van der Waals surface area contributed by atoms with Gasteiger partial charge < -0.3 is 0 Å². The van der Waals surface area contributed by atoms with Gasteiger partial charge in [-0.1, -0.05) is 5.80 Å². The summed E-state index contributed by atoms with van der Waals surface area (Å²) in [5.41, 5.74) is 0. The van der Waals surface area contributed by atoms with Crippen LogP contribution >= 0.6 is 8.20 Å². The van der Waals surface area contributed by atoms with Crippen molar-refractivity contribution in [3.8, 4) is 0 Å². The summed E-state index contributed by atoms with van der Waals surface area (Å²) in [6.07, 6.45) is 0. The quantitative estimate of drug-likeness (QED) is 0.381. The Bertz CT molecular complexity index is 18.5. The van der Waals surface area contributed by atoms with E-state index in [0.717, 1.165) is 0 Å². The summed E-state index contributed by atoms with van der Waals surface area (Å²) in [5.74, 6) is 2.10. The second kappa shape index (κ2) is 3.17. The van der Waals surface area contributed by atoms with Crippen LogP contribution in [0.1, 0.15) is 6.92 Å². The Morgan fingerprint density at radius 2 is 2.00 bits per heavy atom. The highest BCUT2D eigenvalue weighted by atomic mass is 31.1. The van der Waals surface area contributed by atoms with Crippen LogP contribution in [0.2, 0.25) is 0 Å². The van der Waals surface area contributed by atoms with E-state index in [9.17, 15) is 0 Å². The first-order chi connectivity index (χ1) is 1.91. The maximum atomic E-state index is 2.10. The van der Waals surface area contributed by atoms with Gasteiger partial charge in [0.05, 0.1) is 0 Å². The van der Waals surface area contributed by atoms with Crippen molar-refractivity contribution in [2.24, 2.45) is 0 Å². The zero-order valence-electron chi connectivity index (χ0n) is 3.02. The first-order valence-corrected chi connectivity index (χ1v) is 2.69. The first-order valence-electron chi connectivity index (χ1n) is 1.28.